The van der Waals surface area contributed by atoms with Gasteiger partial charge in [-0.25, -0.2) is 0 Å². The first-order valence-electron chi connectivity index (χ1n) is 10.7. The smallest absolute Gasteiger partial charge is 0.368 e. The predicted octanol–water partition coefficient (Wildman–Crippen LogP) is 6.01. The summed E-state index contributed by atoms with van der Waals surface area (Å²) in [6, 6.07) is 15.4. The quantitative estimate of drug-likeness (QED) is 0.338. The molecule has 3 aromatic rings. The van der Waals surface area contributed by atoms with E-state index in [9.17, 15) is 23.3 Å². The zero-order chi connectivity index (χ0) is 24.3. The lowest BCUT2D eigenvalue weighted by atomic mass is 9.94. The maximum absolute atomic E-state index is 13.0. The zero-order valence-electron chi connectivity index (χ0n) is 18.0. The van der Waals surface area contributed by atoms with Crippen LogP contribution < -0.4 is 10.2 Å². The van der Waals surface area contributed by atoms with Crippen molar-refractivity contribution in [1.82, 2.24) is 10.3 Å². The molecular formula is C24H22ClF3N4O2. The number of hydrogen-bond acceptors (Lipinski definition) is 5. The van der Waals surface area contributed by atoms with Crippen molar-refractivity contribution in [1.29, 1.82) is 0 Å². The topological polar surface area (TPSA) is 71.3 Å². The molecule has 0 spiro atoms. The molecule has 1 aromatic heterocycles. The number of anilines is 1. The second-order valence-electron chi connectivity index (χ2n) is 8.17. The molecule has 2 aromatic carbocycles. The summed E-state index contributed by atoms with van der Waals surface area (Å²) >= 11 is 6.19. The number of aromatic nitrogens is 1. The van der Waals surface area contributed by atoms with Crippen molar-refractivity contribution in [2.24, 2.45) is 0 Å². The van der Waals surface area contributed by atoms with E-state index >= 15 is 0 Å². The van der Waals surface area contributed by atoms with Crippen molar-refractivity contribution in [3.8, 4) is 0 Å². The molecule has 1 N–H and O–H groups in total. The Kier molecular flexibility index (Phi) is 7.04. The van der Waals surface area contributed by atoms with Gasteiger partial charge in [0, 0.05) is 30.2 Å². The summed E-state index contributed by atoms with van der Waals surface area (Å²) in [5, 5.41) is 15.0. The molecular weight excluding hydrogens is 469 g/mol. The highest BCUT2D eigenvalue weighted by Gasteiger charge is 2.31. The summed E-state index contributed by atoms with van der Waals surface area (Å²) in [5.74, 6) is -0.193. The third-order valence-corrected chi connectivity index (χ3v) is 6.17. The van der Waals surface area contributed by atoms with Crippen LogP contribution in [0.15, 0.2) is 66.9 Å². The van der Waals surface area contributed by atoms with Crippen LogP contribution in [-0.2, 0) is 6.18 Å². The van der Waals surface area contributed by atoms with Gasteiger partial charge in [-0.15, -0.1) is 0 Å². The van der Waals surface area contributed by atoms with Crippen molar-refractivity contribution in [3.05, 3.63) is 98.7 Å². The Morgan fingerprint density at radius 3 is 2.32 bits per heavy atom. The van der Waals surface area contributed by atoms with E-state index in [2.05, 4.69) is 15.2 Å². The molecule has 1 fully saturated rings. The highest BCUT2D eigenvalue weighted by atomic mass is 35.5. The van der Waals surface area contributed by atoms with E-state index in [4.69, 9.17) is 11.6 Å². The second-order valence-corrected chi connectivity index (χ2v) is 8.60. The molecule has 0 bridgehead atoms. The van der Waals surface area contributed by atoms with Crippen LogP contribution in [0.1, 0.15) is 35.6 Å². The fraction of sp³-hybridized carbons (Fsp3) is 0.292. The Balaban J connectivity index is 1.48. The van der Waals surface area contributed by atoms with Crippen molar-refractivity contribution in [3.63, 3.8) is 0 Å². The molecule has 34 heavy (non-hydrogen) atoms. The van der Waals surface area contributed by atoms with Gasteiger partial charge in [0.2, 0.25) is 0 Å². The lowest BCUT2D eigenvalue weighted by Gasteiger charge is -2.35. The fourth-order valence-corrected chi connectivity index (χ4v) is 4.35. The van der Waals surface area contributed by atoms with Crippen LogP contribution in [0.25, 0.3) is 0 Å². The summed E-state index contributed by atoms with van der Waals surface area (Å²) in [7, 11) is 0. The Morgan fingerprint density at radius 1 is 1.06 bits per heavy atom. The molecule has 6 nitrogen and oxygen atoms in total. The van der Waals surface area contributed by atoms with Gasteiger partial charge >= 0.3 is 12.0 Å². The number of hydrogen-bond donors (Lipinski definition) is 1. The molecule has 0 saturated carbocycles. The summed E-state index contributed by atoms with van der Waals surface area (Å²) in [5.41, 5.74) is 1.72. The lowest BCUT2D eigenvalue weighted by molar-refractivity contribution is -0.389. The van der Waals surface area contributed by atoms with E-state index in [1.54, 1.807) is 12.1 Å². The van der Waals surface area contributed by atoms with Crippen molar-refractivity contribution >= 4 is 23.1 Å². The van der Waals surface area contributed by atoms with Gasteiger partial charge in [0.05, 0.1) is 17.3 Å². The van der Waals surface area contributed by atoms with Crippen LogP contribution in [0.4, 0.5) is 24.7 Å². The van der Waals surface area contributed by atoms with E-state index in [1.807, 2.05) is 18.2 Å². The Bertz CT molecular complexity index is 1130. The van der Waals surface area contributed by atoms with Gasteiger partial charge in [-0.2, -0.15) is 13.2 Å². The van der Waals surface area contributed by atoms with Crippen LogP contribution in [-0.4, -0.2) is 29.0 Å². The predicted molar refractivity (Wildman–Crippen MR) is 124 cm³/mol. The van der Waals surface area contributed by atoms with Gasteiger partial charge in [0.15, 0.2) is 6.20 Å². The molecule has 0 aliphatic carbocycles. The normalized spacial score (nSPS) is 15.8. The summed E-state index contributed by atoms with van der Waals surface area (Å²) in [6.45, 7) is 1.43. The Morgan fingerprint density at radius 2 is 1.76 bits per heavy atom. The number of rotatable bonds is 6. The molecule has 0 amide bonds. The van der Waals surface area contributed by atoms with Gasteiger partial charge in [0.25, 0.3) is 0 Å². The average molecular weight is 491 g/mol. The number of piperidine rings is 1. The molecule has 0 radical (unpaired) electrons. The van der Waals surface area contributed by atoms with E-state index in [0.717, 1.165) is 41.8 Å². The van der Waals surface area contributed by atoms with Gasteiger partial charge in [0.1, 0.15) is 0 Å². The van der Waals surface area contributed by atoms with Crippen LogP contribution in [0.5, 0.6) is 0 Å². The minimum absolute atomic E-state index is 0.119. The summed E-state index contributed by atoms with van der Waals surface area (Å²) < 4.78 is 39.1. The van der Waals surface area contributed by atoms with E-state index in [0.29, 0.717) is 18.1 Å². The highest BCUT2D eigenvalue weighted by molar-refractivity contribution is 6.30. The largest absolute Gasteiger partial charge is 0.416 e. The van der Waals surface area contributed by atoms with Crippen LogP contribution in [0.3, 0.4) is 0 Å². The second kappa shape index (κ2) is 9.99. The molecule has 2 heterocycles. The molecule has 4 rings (SSSR count). The third kappa shape index (κ3) is 5.66. The average Bonchev–Trinajstić information content (AvgIpc) is 2.82. The monoisotopic (exact) mass is 490 g/mol. The number of pyridine rings is 1. The van der Waals surface area contributed by atoms with Crippen molar-refractivity contribution < 1.29 is 18.1 Å². The summed E-state index contributed by atoms with van der Waals surface area (Å²) in [6.07, 6.45) is -1.32. The number of nitrogens with zero attached hydrogens (tertiary/aromatic N) is 3. The molecule has 1 saturated heterocycles. The number of alkyl halides is 3. The van der Waals surface area contributed by atoms with E-state index < -0.39 is 16.7 Å². The first-order chi connectivity index (χ1) is 16.2. The maximum Gasteiger partial charge on any atom is 0.416 e. The van der Waals surface area contributed by atoms with Gasteiger partial charge < -0.3 is 20.3 Å². The molecule has 178 valence electrons. The number of nitrogens with one attached hydrogen (secondary N) is 1. The number of nitro groups is 1. The first-order valence-corrected chi connectivity index (χ1v) is 11.1. The fourth-order valence-electron chi connectivity index (χ4n) is 4.15. The third-order valence-electron chi connectivity index (χ3n) is 5.94. The maximum atomic E-state index is 13.0. The number of benzene rings is 2. The van der Waals surface area contributed by atoms with Crippen LogP contribution in [0.2, 0.25) is 5.02 Å². The van der Waals surface area contributed by atoms with Crippen molar-refractivity contribution in [2.75, 3.05) is 18.0 Å². The van der Waals surface area contributed by atoms with E-state index in [-0.39, 0.29) is 17.9 Å². The van der Waals surface area contributed by atoms with Gasteiger partial charge in [-0.05, 0) is 64.2 Å². The minimum Gasteiger partial charge on any atom is -0.368 e. The Hall–Kier alpha value is -3.17. The number of halogens is 4. The minimum atomic E-state index is -4.39. The standard InChI is InChI=1S/C24H22ClF3N4O2/c25-19-3-1-2-17(14-19)23(16-4-6-18(7-5-16)24(26,27)28)30-20-10-12-31(13-11-20)21-8-9-22(29-15-21)32(33)34/h1-9,14-15,20,23,30H,10-13H2. The SMILES string of the molecule is O=[N+]([O-])c1ccc(N2CCC(NC(c3ccc(C(F)(F)F)cc3)c3cccc(Cl)c3)CC2)cn1. The molecule has 1 aliphatic heterocycles. The van der Waals surface area contributed by atoms with Crippen molar-refractivity contribution in [2.45, 2.75) is 31.1 Å². The van der Waals surface area contributed by atoms with Crippen LogP contribution >= 0.6 is 11.6 Å². The van der Waals surface area contributed by atoms with E-state index in [1.165, 1.54) is 24.4 Å². The molecule has 10 heteroatoms. The molecule has 1 atom stereocenters. The zero-order valence-corrected chi connectivity index (χ0v) is 18.8. The first kappa shape index (κ1) is 24.0. The lowest BCUT2D eigenvalue weighted by Crippen LogP contribution is -2.44. The molecule has 1 unspecified atom stereocenters. The Labute approximate surface area is 199 Å². The van der Waals surface area contributed by atoms with Crippen LogP contribution in [0, 0.1) is 10.1 Å². The summed E-state index contributed by atoms with van der Waals surface area (Å²) in [4.78, 5) is 16.3. The van der Waals surface area contributed by atoms with Gasteiger partial charge in [-0.3, -0.25) is 0 Å². The highest BCUT2D eigenvalue weighted by Crippen LogP contribution is 2.32. The molecule has 1 aliphatic rings. The van der Waals surface area contributed by atoms with Gasteiger partial charge in [-0.1, -0.05) is 35.9 Å².